The number of nitrogens with zero attached hydrogens (tertiary/aromatic N) is 1. The van der Waals surface area contributed by atoms with Crippen LogP contribution < -0.4 is 5.32 Å². The van der Waals surface area contributed by atoms with Gasteiger partial charge in [-0.15, -0.1) is 0 Å². The maximum absolute atomic E-state index is 12.1. The van der Waals surface area contributed by atoms with E-state index >= 15 is 0 Å². The van der Waals surface area contributed by atoms with Crippen molar-refractivity contribution in [3.05, 3.63) is 33.8 Å². The number of hydrogen-bond acceptors (Lipinski definition) is 3. The quantitative estimate of drug-likeness (QED) is 0.927. The summed E-state index contributed by atoms with van der Waals surface area (Å²) in [6.07, 6.45) is 1.44. The smallest absolute Gasteiger partial charge is 0.151 e. The molecule has 0 amide bonds. The molecule has 0 bridgehead atoms. The standard InChI is InChI=1S/C14H18Cl2N2O/c15-13-4-1-3-11(14(13)16)9-12(19)10-18-7-2-5-17-6-8-18/h1,3-4,17H,2,5-10H2. The van der Waals surface area contributed by atoms with Crippen molar-refractivity contribution in [1.29, 1.82) is 0 Å². The molecule has 3 nitrogen and oxygen atoms in total. The van der Waals surface area contributed by atoms with Gasteiger partial charge in [-0.2, -0.15) is 0 Å². The molecule has 1 heterocycles. The Morgan fingerprint density at radius 3 is 2.95 bits per heavy atom. The Kier molecular flexibility index (Phi) is 5.64. The van der Waals surface area contributed by atoms with Crippen molar-refractivity contribution in [1.82, 2.24) is 10.2 Å². The van der Waals surface area contributed by atoms with E-state index in [9.17, 15) is 4.79 Å². The molecule has 0 atom stereocenters. The average molecular weight is 301 g/mol. The molecular formula is C14H18Cl2N2O. The molecule has 1 fully saturated rings. The second-order valence-corrected chi connectivity index (χ2v) is 5.59. The largest absolute Gasteiger partial charge is 0.315 e. The number of halogens is 2. The maximum atomic E-state index is 12.1. The predicted octanol–water partition coefficient (Wildman–Crippen LogP) is 2.40. The molecule has 5 heteroatoms. The van der Waals surface area contributed by atoms with E-state index in [0.29, 0.717) is 23.0 Å². The minimum Gasteiger partial charge on any atom is -0.315 e. The fraction of sp³-hybridized carbons (Fsp3) is 0.500. The molecule has 2 rings (SSSR count). The van der Waals surface area contributed by atoms with E-state index in [1.165, 1.54) is 0 Å². The van der Waals surface area contributed by atoms with Crippen LogP contribution in [0.1, 0.15) is 12.0 Å². The molecule has 1 saturated heterocycles. The number of carbonyl (C=O) groups is 1. The van der Waals surface area contributed by atoms with E-state index in [1.807, 2.05) is 12.1 Å². The molecule has 1 aromatic carbocycles. The first-order valence-electron chi connectivity index (χ1n) is 6.54. The lowest BCUT2D eigenvalue weighted by Crippen LogP contribution is -2.33. The van der Waals surface area contributed by atoms with Gasteiger partial charge < -0.3 is 5.32 Å². The van der Waals surface area contributed by atoms with Crippen LogP contribution in [0.5, 0.6) is 0 Å². The SMILES string of the molecule is O=C(Cc1cccc(Cl)c1Cl)CN1CCCNCC1. The van der Waals surface area contributed by atoms with Gasteiger partial charge in [-0.25, -0.2) is 0 Å². The van der Waals surface area contributed by atoms with Gasteiger partial charge >= 0.3 is 0 Å². The summed E-state index contributed by atoms with van der Waals surface area (Å²) in [5.41, 5.74) is 0.812. The lowest BCUT2D eigenvalue weighted by atomic mass is 10.1. The summed E-state index contributed by atoms with van der Waals surface area (Å²) in [6.45, 7) is 4.37. The molecule has 0 aromatic heterocycles. The fourth-order valence-electron chi connectivity index (χ4n) is 2.26. The zero-order valence-corrected chi connectivity index (χ0v) is 12.3. The Labute approximate surface area is 123 Å². The highest BCUT2D eigenvalue weighted by atomic mass is 35.5. The summed E-state index contributed by atoms with van der Waals surface area (Å²) in [5.74, 6) is 0.186. The Balaban J connectivity index is 1.91. The van der Waals surface area contributed by atoms with Crippen molar-refractivity contribution in [2.75, 3.05) is 32.7 Å². The molecule has 0 aliphatic carbocycles. The molecule has 0 radical (unpaired) electrons. The predicted molar refractivity (Wildman–Crippen MR) is 79.1 cm³/mol. The van der Waals surface area contributed by atoms with E-state index in [0.717, 1.165) is 38.2 Å². The highest BCUT2D eigenvalue weighted by Crippen LogP contribution is 2.25. The van der Waals surface area contributed by atoms with Crippen molar-refractivity contribution in [3.8, 4) is 0 Å². The first-order valence-corrected chi connectivity index (χ1v) is 7.30. The monoisotopic (exact) mass is 300 g/mol. The first kappa shape index (κ1) is 14.8. The summed E-state index contributed by atoms with van der Waals surface area (Å²) >= 11 is 12.0. The normalized spacial score (nSPS) is 17.2. The van der Waals surface area contributed by atoms with Crippen LogP contribution in [0.25, 0.3) is 0 Å². The van der Waals surface area contributed by atoms with Crippen molar-refractivity contribution in [3.63, 3.8) is 0 Å². The number of hydrogen-bond donors (Lipinski definition) is 1. The first-order chi connectivity index (χ1) is 9.16. The number of ketones is 1. The molecule has 0 saturated carbocycles. The molecule has 1 aliphatic heterocycles. The summed E-state index contributed by atoms with van der Waals surface area (Å²) in [7, 11) is 0. The lowest BCUT2D eigenvalue weighted by Gasteiger charge is -2.18. The van der Waals surface area contributed by atoms with Crippen LogP contribution in [0.4, 0.5) is 0 Å². The number of rotatable bonds is 4. The van der Waals surface area contributed by atoms with Crippen LogP contribution in [-0.4, -0.2) is 43.4 Å². The number of carbonyl (C=O) groups excluding carboxylic acids is 1. The second-order valence-electron chi connectivity index (χ2n) is 4.81. The zero-order valence-electron chi connectivity index (χ0n) is 10.8. The van der Waals surface area contributed by atoms with Crippen molar-refractivity contribution in [2.45, 2.75) is 12.8 Å². The van der Waals surface area contributed by atoms with E-state index in [-0.39, 0.29) is 5.78 Å². The van der Waals surface area contributed by atoms with Gasteiger partial charge in [0.05, 0.1) is 16.6 Å². The molecule has 1 aliphatic rings. The van der Waals surface area contributed by atoms with Gasteiger partial charge in [0.25, 0.3) is 0 Å². The minimum atomic E-state index is 0.186. The number of benzene rings is 1. The van der Waals surface area contributed by atoms with Gasteiger partial charge in [0.15, 0.2) is 5.78 Å². The van der Waals surface area contributed by atoms with Crippen LogP contribution in [-0.2, 0) is 11.2 Å². The molecular weight excluding hydrogens is 283 g/mol. The van der Waals surface area contributed by atoms with Crippen LogP contribution in [0, 0.1) is 0 Å². The third-order valence-corrected chi connectivity index (χ3v) is 4.11. The van der Waals surface area contributed by atoms with Gasteiger partial charge in [-0.05, 0) is 31.1 Å². The van der Waals surface area contributed by atoms with Crippen LogP contribution in [0.15, 0.2) is 18.2 Å². The second kappa shape index (κ2) is 7.25. The van der Waals surface area contributed by atoms with E-state index in [1.54, 1.807) is 6.07 Å². The van der Waals surface area contributed by atoms with Gasteiger partial charge in [-0.3, -0.25) is 9.69 Å². The van der Waals surface area contributed by atoms with Crippen LogP contribution in [0.2, 0.25) is 10.0 Å². The topological polar surface area (TPSA) is 32.3 Å². The minimum absolute atomic E-state index is 0.186. The maximum Gasteiger partial charge on any atom is 0.151 e. The molecule has 1 aromatic rings. The molecule has 0 spiro atoms. The van der Waals surface area contributed by atoms with Gasteiger partial charge in [0.1, 0.15) is 0 Å². The molecule has 0 unspecified atom stereocenters. The van der Waals surface area contributed by atoms with Gasteiger partial charge in [0.2, 0.25) is 0 Å². The van der Waals surface area contributed by atoms with Crippen LogP contribution in [0.3, 0.4) is 0 Å². The molecule has 19 heavy (non-hydrogen) atoms. The summed E-state index contributed by atoms with van der Waals surface area (Å²) in [4.78, 5) is 14.3. The zero-order chi connectivity index (χ0) is 13.7. The summed E-state index contributed by atoms with van der Waals surface area (Å²) in [5, 5.41) is 4.33. The Morgan fingerprint density at radius 1 is 1.26 bits per heavy atom. The van der Waals surface area contributed by atoms with Crippen molar-refractivity contribution in [2.24, 2.45) is 0 Å². The van der Waals surface area contributed by atoms with E-state index in [2.05, 4.69) is 10.2 Å². The summed E-state index contributed by atoms with van der Waals surface area (Å²) in [6, 6.07) is 5.42. The average Bonchev–Trinajstić information content (AvgIpc) is 2.63. The fourth-order valence-corrected chi connectivity index (χ4v) is 2.65. The van der Waals surface area contributed by atoms with E-state index in [4.69, 9.17) is 23.2 Å². The van der Waals surface area contributed by atoms with Crippen LogP contribution >= 0.6 is 23.2 Å². The molecule has 1 N–H and O–H groups in total. The highest BCUT2D eigenvalue weighted by Gasteiger charge is 2.14. The Bertz CT molecular complexity index is 443. The Hall–Kier alpha value is -0.610. The highest BCUT2D eigenvalue weighted by molar-refractivity contribution is 6.42. The third kappa shape index (κ3) is 4.46. The van der Waals surface area contributed by atoms with Crippen molar-refractivity contribution < 1.29 is 4.79 Å². The molecule has 104 valence electrons. The van der Waals surface area contributed by atoms with Crippen molar-refractivity contribution >= 4 is 29.0 Å². The van der Waals surface area contributed by atoms with E-state index < -0.39 is 0 Å². The van der Waals surface area contributed by atoms with Gasteiger partial charge in [-0.1, -0.05) is 35.3 Å². The number of Topliss-reactive ketones (excluding diaryl/α,β-unsaturated/α-hetero) is 1. The third-order valence-electron chi connectivity index (χ3n) is 3.25. The lowest BCUT2D eigenvalue weighted by molar-refractivity contribution is -0.119. The summed E-state index contributed by atoms with van der Waals surface area (Å²) < 4.78 is 0. The number of nitrogens with one attached hydrogen (secondary N) is 1. The van der Waals surface area contributed by atoms with Gasteiger partial charge in [0, 0.05) is 19.5 Å². The Morgan fingerprint density at radius 2 is 2.11 bits per heavy atom.